The zero-order chi connectivity index (χ0) is 19.1. The van der Waals surface area contributed by atoms with Crippen LogP contribution in [0.1, 0.15) is 5.56 Å². The average Bonchev–Trinajstić information content (AvgIpc) is 2.65. The number of rotatable bonds is 3. The van der Waals surface area contributed by atoms with Gasteiger partial charge in [0.25, 0.3) is 5.91 Å². The number of aryl methyl sites for hydroxylation is 1. The fraction of sp³-hybridized carbons (Fsp3) is 0.263. The van der Waals surface area contributed by atoms with E-state index < -0.39 is 29.8 Å². The second kappa shape index (κ2) is 6.46. The SMILES string of the molecule is Cc1cc2c(cc1F)OCC(=O)N2C(C(=O)O)C1COc2ccccc2N1. The van der Waals surface area contributed by atoms with E-state index in [0.29, 0.717) is 17.0 Å². The largest absolute Gasteiger partial charge is 0.489 e. The molecule has 2 atom stereocenters. The second-order valence-electron chi connectivity index (χ2n) is 6.46. The molecule has 2 aromatic rings. The molecule has 140 valence electrons. The summed E-state index contributed by atoms with van der Waals surface area (Å²) < 4.78 is 24.8. The van der Waals surface area contributed by atoms with Gasteiger partial charge < -0.3 is 19.9 Å². The van der Waals surface area contributed by atoms with E-state index >= 15 is 0 Å². The van der Waals surface area contributed by atoms with Crippen LogP contribution in [0.4, 0.5) is 15.8 Å². The summed E-state index contributed by atoms with van der Waals surface area (Å²) in [6.07, 6.45) is 0. The Hall–Kier alpha value is -3.29. The van der Waals surface area contributed by atoms with E-state index in [4.69, 9.17) is 9.47 Å². The van der Waals surface area contributed by atoms with Gasteiger partial charge >= 0.3 is 5.97 Å². The van der Waals surface area contributed by atoms with Crippen molar-refractivity contribution in [1.82, 2.24) is 0 Å². The third-order valence-electron chi connectivity index (χ3n) is 4.68. The summed E-state index contributed by atoms with van der Waals surface area (Å²) in [5.74, 6) is -1.44. The van der Waals surface area contributed by atoms with Crippen LogP contribution in [0.15, 0.2) is 36.4 Å². The number of para-hydroxylation sites is 2. The Labute approximate surface area is 154 Å². The Kier molecular flexibility index (Phi) is 4.10. The summed E-state index contributed by atoms with van der Waals surface area (Å²) in [4.78, 5) is 25.8. The molecule has 0 spiro atoms. The van der Waals surface area contributed by atoms with Gasteiger partial charge in [-0.2, -0.15) is 0 Å². The predicted molar refractivity (Wildman–Crippen MR) is 94.9 cm³/mol. The first-order valence-electron chi connectivity index (χ1n) is 8.42. The molecule has 2 heterocycles. The average molecular weight is 372 g/mol. The van der Waals surface area contributed by atoms with Crippen LogP contribution in [0, 0.1) is 12.7 Å². The number of hydrogen-bond donors (Lipinski definition) is 2. The van der Waals surface area contributed by atoms with Crippen molar-refractivity contribution in [1.29, 1.82) is 0 Å². The van der Waals surface area contributed by atoms with E-state index in [2.05, 4.69) is 5.32 Å². The molecule has 8 heteroatoms. The number of nitrogens with zero attached hydrogens (tertiary/aromatic N) is 1. The molecule has 0 saturated carbocycles. The number of aliphatic carboxylic acids is 1. The smallest absolute Gasteiger partial charge is 0.329 e. The number of hydrogen-bond acceptors (Lipinski definition) is 5. The van der Waals surface area contributed by atoms with Crippen molar-refractivity contribution in [3.05, 3.63) is 47.8 Å². The molecule has 2 unspecified atom stereocenters. The van der Waals surface area contributed by atoms with Gasteiger partial charge in [-0.1, -0.05) is 12.1 Å². The summed E-state index contributed by atoms with van der Waals surface area (Å²) in [6.45, 7) is 1.25. The Morgan fingerprint density at radius 2 is 2.07 bits per heavy atom. The molecule has 0 saturated heterocycles. The number of nitrogens with one attached hydrogen (secondary N) is 1. The van der Waals surface area contributed by atoms with Gasteiger partial charge in [0, 0.05) is 6.07 Å². The highest BCUT2D eigenvalue weighted by Gasteiger charge is 2.42. The van der Waals surface area contributed by atoms with Gasteiger partial charge in [0.1, 0.15) is 23.9 Å². The Bertz CT molecular complexity index is 932. The maximum Gasteiger partial charge on any atom is 0.329 e. The normalized spacial score (nSPS) is 19.1. The lowest BCUT2D eigenvalue weighted by Crippen LogP contribution is -2.59. The number of halogens is 1. The van der Waals surface area contributed by atoms with Crippen molar-refractivity contribution >= 4 is 23.3 Å². The van der Waals surface area contributed by atoms with E-state index in [1.54, 1.807) is 25.1 Å². The van der Waals surface area contributed by atoms with Gasteiger partial charge in [0.2, 0.25) is 0 Å². The highest BCUT2D eigenvalue weighted by molar-refractivity contribution is 6.03. The Morgan fingerprint density at radius 1 is 1.30 bits per heavy atom. The molecule has 0 bridgehead atoms. The van der Waals surface area contributed by atoms with Gasteiger partial charge in [-0.3, -0.25) is 9.69 Å². The first-order chi connectivity index (χ1) is 13.0. The van der Waals surface area contributed by atoms with Crippen molar-refractivity contribution in [2.45, 2.75) is 19.0 Å². The van der Waals surface area contributed by atoms with E-state index in [-0.39, 0.29) is 24.7 Å². The van der Waals surface area contributed by atoms with Gasteiger partial charge in [-0.15, -0.1) is 0 Å². The molecule has 2 N–H and O–H groups in total. The fourth-order valence-corrected chi connectivity index (χ4v) is 3.37. The van der Waals surface area contributed by atoms with E-state index in [1.807, 2.05) is 6.07 Å². The zero-order valence-electron chi connectivity index (χ0n) is 14.4. The molecule has 7 nitrogen and oxygen atoms in total. The van der Waals surface area contributed by atoms with Crippen LogP contribution >= 0.6 is 0 Å². The fourth-order valence-electron chi connectivity index (χ4n) is 3.37. The van der Waals surface area contributed by atoms with Crippen molar-refractivity contribution in [2.24, 2.45) is 0 Å². The number of ether oxygens (including phenoxy) is 2. The monoisotopic (exact) mass is 372 g/mol. The standard InChI is InChI=1S/C19H17FN2O5/c1-10-6-14-16(7-11(10)20)27-9-17(23)22(14)18(19(24)25)13-8-26-15-5-3-2-4-12(15)21-13/h2-7,13,18,21H,8-9H2,1H3,(H,24,25). The molecule has 27 heavy (non-hydrogen) atoms. The van der Waals surface area contributed by atoms with Crippen LogP contribution < -0.4 is 19.7 Å². The zero-order valence-corrected chi connectivity index (χ0v) is 14.4. The quantitative estimate of drug-likeness (QED) is 0.859. The lowest BCUT2D eigenvalue weighted by molar-refractivity contribution is -0.141. The number of amides is 1. The Morgan fingerprint density at radius 3 is 2.85 bits per heavy atom. The van der Waals surface area contributed by atoms with E-state index in [9.17, 15) is 19.1 Å². The lowest BCUT2D eigenvalue weighted by atomic mass is 10.0. The van der Waals surface area contributed by atoms with Crippen LogP contribution in [0.3, 0.4) is 0 Å². The summed E-state index contributed by atoms with van der Waals surface area (Å²) in [6, 6.07) is 7.81. The highest BCUT2D eigenvalue weighted by Crippen LogP contribution is 2.37. The third-order valence-corrected chi connectivity index (χ3v) is 4.68. The predicted octanol–water partition coefficient (Wildman–Crippen LogP) is 2.19. The van der Waals surface area contributed by atoms with E-state index in [0.717, 1.165) is 4.90 Å². The van der Waals surface area contributed by atoms with Crippen LogP contribution in [0.5, 0.6) is 11.5 Å². The van der Waals surface area contributed by atoms with Crippen molar-refractivity contribution in [3.8, 4) is 11.5 Å². The lowest BCUT2D eigenvalue weighted by Gasteiger charge is -2.39. The summed E-state index contributed by atoms with van der Waals surface area (Å²) in [5.41, 5.74) is 1.17. The minimum Gasteiger partial charge on any atom is -0.489 e. The van der Waals surface area contributed by atoms with Crippen LogP contribution in [-0.2, 0) is 9.59 Å². The molecule has 0 aromatic heterocycles. The van der Waals surface area contributed by atoms with Crippen molar-refractivity contribution < 1.29 is 28.6 Å². The minimum atomic E-state index is -1.25. The van der Waals surface area contributed by atoms with Gasteiger partial charge in [0.05, 0.1) is 17.4 Å². The van der Waals surface area contributed by atoms with Crippen LogP contribution in [0.2, 0.25) is 0 Å². The molecule has 0 fully saturated rings. The summed E-state index contributed by atoms with van der Waals surface area (Å²) in [7, 11) is 0. The molecule has 2 aliphatic heterocycles. The summed E-state index contributed by atoms with van der Waals surface area (Å²) in [5, 5.41) is 13.0. The number of carboxylic acids is 1. The molecule has 4 rings (SSSR count). The molecule has 0 radical (unpaired) electrons. The number of carbonyl (C=O) groups is 2. The highest BCUT2D eigenvalue weighted by atomic mass is 19.1. The van der Waals surface area contributed by atoms with E-state index in [1.165, 1.54) is 12.1 Å². The minimum absolute atomic E-state index is 0.0636. The molecular weight excluding hydrogens is 355 g/mol. The molecular formula is C19H17FN2O5. The van der Waals surface area contributed by atoms with Gasteiger partial charge in [-0.25, -0.2) is 9.18 Å². The second-order valence-corrected chi connectivity index (χ2v) is 6.46. The van der Waals surface area contributed by atoms with Crippen molar-refractivity contribution in [2.75, 3.05) is 23.4 Å². The molecule has 1 amide bonds. The van der Waals surface area contributed by atoms with Gasteiger partial charge in [-0.05, 0) is 30.7 Å². The van der Waals surface area contributed by atoms with Crippen molar-refractivity contribution in [3.63, 3.8) is 0 Å². The molecule has 0 aliphatic carbocycles. The maximum atomic E-state index is 13.9. The first kappa shape index (κ1) is 17.1. The topological polar surface area (TPSA) is 88.1 Å². The number of carboxylic acid groups (broad SMARTS) is 1. The molecule has 2 aliphatic rings. The molecule has 2 aromatic carbocycles. The number of fused-ring (bicyclic) bond motifs is 2. The Balaban J connectivity index is 1.74. The van der Waals surface area contributed by atoms with Crippen LogP contribution in [0.25, 0.3) is 0 Å². The van der Waals surface area contributed by atoms with Crippen LogP contribution in [-0.4, -0.2) is 42.3 Å². The number of benzene rings is 2. The third kappa shape index (κ3) is 2.92. The number of carbonyl (C=O) groups excluding carboxylic acids is 1. The van der Waals surface area contributed by atoms with Gasteiger partial charge in [0.15, 0.2) is 12.6 Å². The number of anilines is 2. The summed E-state index contributed by atoms with van der Waals surface area (Å²) >= 11 is 0. The first-order valence-corrected chi connectivity index (χ1v) is 8.42. The maximum absolute atomic E-state index is 13.9.